The second-order valence-corrected chi connectivity index (χ2v) is 18.4. The van der Waals surface area contributed by atoms with Gasteiger partial charge in [0, 0.05) is 52.2 Å². The molecule has 0 unspecified atom stereocenters. The number of rotatable bonds is 18. The van der Waals surface area contributed by atoms with Crippen LogP contribution in [0.2, 0.25) is 0 Å². The number of ether oxygens (including phenoxy) is 3. The second kappa shape index (κ2) is 17.4. The Kier molecular flexibility index (Phi) is 14.4. The van der Waals surface area contributed by atoms with Crippen molar-refractivity contribution in [1.82, 2.24) is 0 Å². The topological polar surface area (TPSA) is 167 Å². The molecule has 0 N–H and O–H groups in total. The Bertz CT molecular complexity index is 1610. The number of unbranched alkanes of at least 4 members (excludes halogenated alkanes) is 3. The molecule has 2 aromatic carbocycles. The highest BCUT2D eigenvalue weighted by Gasteiger charge is 2.49. The summed E-state index contributed by atoms with van der Waals surface area (Å²) in [4.78, 5) is 52.3. The molecule has 1 aliphatic carbocycles. The van der Waals surface area contributed by atoms with Crippen LogP contribution in [0.25, 0.3) is 0 Å². The van der Waals surface area contributed by atoms with Crippen molar-refractivity contribution in [2.24, 2.45) is 0 Å². The average molecular weight is 743 g/mol. The van der Waals surface area contributed by atoms with Gasteiger partial charge < -0.3 is 32.3 Å². The van der Waals surface area contributed by atoms with Gasteiger partial charge in [-0.3, -0.25) is 23.5 Å². The van der Waals surface area contributed by atoms with Crippen molar-refractivity contribution in [3.05, 3.63) is 58.1 Å². The zero-order valence-corrected chi connectivity index (χ0v) is 31.6. The summed E-state index contributed by atoms with van der Waals surface area (Å²) < 4.78 is 63.0. The van der Waals surface area contributed by atoms with Gasteiger partial charge in [-0.2, -0.15) is 11.8 Å². The van der Waals surface area contributed by atoms with Crippen LogP contribution in [0, 0.1) is 0 Å². The summed E-state index contributed by atoms with van der Waals surface area (Å²) in [6, 6.07) is 7.23. The molecule has 0 spiro atoms. The molecule has 2 aromatic rings. The van der Waals surface area contributed by atoms with Gasteiger partial charge in [0.05, 0.1) is 23.3 Å². The molecule has 13 nitrogen and oxygen atoms in total. The van der Waals surface area contributed by atoms with Gasteiger partial charge in [-0.05, 0) is 57.6 Å². The van der Waals surface area contributed by atoms with Gasteiger partial charge in [0.15, 0.2) is 11.2 Å². The van der Waals surface area contributed by atoms with Crippen LogP contribution in [0.3, 0.4) is 0 Å². The van der Waals surface area contributed by atoms with Crippen molar-refractivity contribution in [2.45, 2.75) is 64.4 Å². The molecular weight excluding hydrogens is 698 g/mol. The number of benzene rings is 2. The minimum Gasteiger partial charge on any atom is -0.493 e. The highest BCUT2D eigenvalue weighted by atomic mass is 32.2. The van der Waals surface area contributed by atoms with E-state index in [0.29, 0.717) is 12.2 Å². The van der Waals surface area contributed by atoms with Crippen LogP contribution in [0.1, 0.15) is 95.6 Å². The minimum atomic E-state index is -3.74. The van der Waals surface area contributed by atoms with Crippen LogP contribution >= 0.6 is 27.0 Å². The molecular formula is C33H44O13P2S. The Balaban J connectivity index is 1.64. The molecule has 0 bridgehead atoms. The number of ketones is 2. The molecule has 0 heterocycles. The minimum absolute atomic E-state index is 0.0324. The van der Waals surface area contributed by atoms with E-state index in [4.69, 9.17) is 32.3 Å². The molecule has 3 rings (SSSR count). The van der Waals surface area contributed by atoms with Gasteiger partial charge in [0.2, 0.25) is 5.78 Å². The van der Waals surface area contributed by atoms with E-state index < -0.39 is 49.7 Å². The first-order chi connectivity index (χ1) is 23.1. The van der Waals surface area contributed by atoms with Gasteiger partial charge in [0.25, 0.3) is 0 Å². The maximum absolute atomic E-state index is 13.9. The standard InChI is InChI=1S/C33H44O13P2S/c1-21(34)45-26-19-22(32(37)46-33(2,3)4)18-24-29(26)31(36)28-23(30(24)35)14-13-15-25(28)44-16-11-9-10-12-17-49-20-27(47(38,40-5)41-6)48(39,42-7)43-8/h13-15,18-19,27H,9-12,16-17,20H2,1-8H3. The summed E-state index contributed by atoms with van der Waals surface area (Å²) in [6.07, 6.45) is 3.09. The molecule has 0 saturated carbocycles. The number of hydrogen-bond donors (Lipinski definition) is 0. The molecule has 0 fully saturated rings. The van der Waals surface area contributed by atoms with E-state index in [2.05, 4.69) is 0 Å². The fourth-order valence-corrected chi connectivity index (χ4v) is 11.8. The monoisotopic (exact) mass is 742 g/mol. The van der Waals surface area contributed by atoms with Crippen LogP contribution in [0.15, 0.2) is 30.3 Å². The maximum Gasteiger partial charge on any atom is 0.346 e. The fourth-order valence-electron chi connectivity index (χ4n) is 5.09. The third-order valence-electron chi connectivity index (χ3n) is 7.42. The molecule has 0 atom stereocenters. The SMILES string of the molecule is COP(=O)(OC)C(CSCCCCCCOc1cccc2c1C(=O)c1c(OC(C)=O)cc(C(=O)OC(C)(C)C)cc1C2=O)P(=O)(OC)OC. The number of fused-ring (bicyclic) bond motifs is 2. The molecule has 0 saturated heterocycles. The lowest BCUT2D eigenvalue weighted by molar-refractivity contribution is -0.131. The lowest BCUT2D eigenvalue weighted by Crippen LogP contribution is -2.26. The molecule has 0 aliphatic heterocycles. The van der Waals surface area contributed by atoms with Crippen LogP contribution in [-0.4, -0.2) is 81.1 Å². The molecule has 270 valence electrons. The quantitative estimate of drug-likeness (QED) is 0.0551. The summed E-state index contributed by atoms with van der Waals surface area (Å²) in [6.45, 7) is 6.50. The van der Waals surface area contributed by atoms with Gasteiger partial charge in [0.1, 0.15) is 17.1 Å². The highest BCUT2D eigenvalue weighted by molar-refractivity contribution is 8.00. The van der Waals surface area contributed by atoms with Gasteiger partial charge in [-0.1, -0.05) is 25.0 Å². The number of hydrogen-bond acceptors (Lipinski definition) is 14. The van der Waals surface area contributed by atoms with E-state index in [-0.39, 0.29) is 51.7 Å². The van der Waals surface area contributed by atoms with Crippen LogP contribution in [0.4, 0.5) is 0 Å². The normalized spacial score (nSPS) is 13.2. The predicted molar refractivity (Wildman–Crippen MR) is 185 cm³/mol. The van der Waals surface area contributed by atoms with Crippen molar-refractivity contribution in [3.8, 4) is 11.5 Å². The molecule has 0 aromatic heterocycles. The smallest absolute Gasteiger partial charge is 0.346 e. The summed E-state index contributed by atoms with van der Waals surface area (Å²) in [5, 5.41) is -1.08. The van der Waals surface area contributed by atoms with Crippen LogP contribution in [-0.2, 0) is 36.8 Å². The zero-order valence-electron chi connectivity index (χ0n) is 29.0. The molecule has 0 radical (unpaired) electrons. The van der Waals surface area contributed by atoms with Gasteiger partial charge in [-0.15, -0.1) is 0 Å². The van der Waals surface area contributed by atoms with E-state index in [9.17, 15) is 28.3 Å². The summed E-state index contributed by atoms with van der Waals surface area (Å²) in [5.41, 5.74) is -0.890. The van der Waals surface area contributed by atoms with Gasteiger partial charge >= 0.3 is 27.1 Å². The van der Waals surface area contributed by atoms with E-state index in [1.165, 1.54) is 58.4 Å². The van der Waals surface area contributed by atoms with Crippen LogP contribution < -0.4 is 9.47 Å². The second-order valence-electron chi connectivity index (χ2n) is 12.0. The Morgan fingerprint density at radius 3 is 1.96 bits per heavy atom. The molecule has 1 aliphatic rings. The third-order valence-corrected chi connectivity index (χ3v) is 14.6. The number of esters is 2. The summed E-state index contributed by atoms with van der Waals surface area (Å²) >= 11 is 1.43. The first-order valence-electron chi connectivity index (χ1n) is 15.5. The largest absolute Gasteiger partial charge is 0.493 e. The van der Waals surface area contributed by atoms with Gasteiger partial charge in [-0.25, -0.2) is 4.79 Å². The Hall–Kier alpha value is -2.83. The van der Waals surface area contributed by atoms with Crippen molar-refractivity contribution in [1.29, 1.82) is 0 Å². The fraction of sp³-hybridized carbons (Fsp3) is 0.515. The van der Waals surface area contributed by atoms with E-state index in [0.717, 1.165) is 26.2 Å². The number of carbonyl (C=O) groups excluding carboxylic acids is 4. The Labute approximate surface area is 291 Å². The molecule has 0 amide bonds. The first kappa shape index (κ1) is 40.6. The summed E-state index contributed by atoms with van der Waals surface area (Å²) in [7, 11) is -2.58. The molecule has 16 heteroatoms. The summed E-state index contributed by atoms with van der Waals surface area (Å²) in [5.74, 6) is -1.69. The van der Waals surface area contributed by atoms with Crippen LogP contribution in [0.5, 0.6) is 11.5 Å². The van der Waals surface area contributed by atoms with E-state index >= 15 is 0 Å². The zero-order chi connectivity index (χ0) is 36.6. The number of carbonyl (C=O) groups is 4. The van der Waals surface area contributed by atoms with Crippen molar-refractivity contribution >= 4 is 50.5 Å². The Morgan fingerprint density at radius 1 is 0.796 bits per heavy atom. The number of thioether (sulfide) groups is 1. The van der Waals surface area contributed by atoms with E-state index in [1.807, 2.05) is 0 Å². The first-order valence-corrected chi connectivity index (χ1v) is 19.9. The van der Waals surface area contributed by atoms with Crippen molar-refractivity contribution in [2.75, 3.05) is 46.6 Å². The van der Waals surface area contributed by atoms with Crippen molar-refractivity contribution < 1.29 is 60.6 Å². The lowest BCUT2D eigenvalue weighted by Gasteiger charge is -2.28. The maximum atomic E-state index is 13.9. The predicted octanol–water partition coefficient (Wildman–Crippen LogP) is 7.31. The Morgan fingerprint density at radius 2 is 1.39 bits per heavy atom. The highest BCUT2D eigenvalue weighted by Crippen LogP contribution is 2.69. The third kappa shape index (κ3) is 9.91. The average Bonchev–Trinajstić information content (AvgIpc) is 3.05. The van der Waals surface area contributed by atoms with E-state index in [1.54, 1.807) is 32.9 Å². The molecule has 49 heavy (non-hydrogen) atoms. The lowest BCUT2D eigenvalue weighted by atomic mass is 9.82. The van der Waals surface area contributed by atoms with Crippen molar-refractivity contribution in [3.63, 3.8) is 0 Å².